The fourth-order valence-corrected chi connectivity index (χ4v) is 2.90. The normalized spacial score (nSPS) is 16.9. The third-order valence-corrected chi connectivity index (χ3v) is 4.44. The first-order valence-electron chi connectivity index (χ1n) is 8.55. The van der Waals surface area contributed by atoms with Crippen LogP contribution in [0, 0.1) is 12.7 Å². The summed E-state index contributed by atoms with van der Waals surface area (Å²) >= 11 is 0. The predicted molar refractivity (Wildman–Crippen MR) is 97.9 cm³/mol. The van der Waals surface area contributed by atoms with Gasteiger partial charge in [0.2, 0.25) is 11.8 Å². The van der Waals surface area contributed by atoms with Crippen molar-refractivity contribution in [1.29, 1.82) is 0 Å². The molecule has 0 aliphatic carbocycles. The van der Waals surface area contributed by atoms with E-state index in [1.54, 1.807) is 32.2 Å². The van der Waals surface area contributed by atoms with Crippen LogP contribution >= 0.6 is 0 Å². The number of hydrogen-bond donors (Lipinski definition) is 1. The van der Waals surface area contributed by atoms with Crippen LogP contribution in [-0.4, -0.2) is 43.1 Å². The molecule has 1 atom stereocenters. The van der Waals surface area contributed by atoms with Crippen molar-refractivity contribution in [3.8, 4) is 5.75 Å². The van der Waals surface area contributed by atoms with Gasteiger partial charge in [0.1, 0.15) is 24.2 Å². The lowest BCUT2D eigenvalue weighted by Gasteiger charge is -2.34. The first-order valence-corrected chi connectivity index (χ1v) is 8.55. The zero-order valence-electron chi connectivity index (χ0n) is 15.2. The highest BCUT2D eigenvalue weighted by Crippen LogP contribution is 2.19. The summed E-state index contributed by atoms with van der Waals surface area (Å²) in [6.07, 6.45) is 0. The average molecular weight is 372 g/mol. The Bertz CT molecular complexity index is 838. The minimum atomic E-state index is -0.765. The van der Waals surface area contributed by atoms with E-state index in [-0.39, 0.29) is 37.4 Å². The van der Waals surface area contributed by atoms with Crippen LogP contribution in [0.5, 0.6) is 5.75 Å². The van der Waals surface area contributed by atoms with Crippen LogP contribution in [-0.2, 0) is 20.9 Å². The molecule has 142 valence electrons. The van der Waals surface area contributed by atoms with Crippen LogP contribution in [0.2, 0.25) is 0 Å². The van der Waals surface area contributed by atoms with Crippen LogP contribution < -0.4 is 10.1 Å². The molecule has 0 saturated carbocycles. The molecule has 27 heavy (non-hydrogen) atoms. The maximum atomic E-state index is 13.4. The van der Waals surface area contributed by atoms with Gasteiger partial charge in [-0.3, -0.25) is 9.59 Å². The number of ether oxygens (including phenoxy) is 2. The Morgan fingerprint density at radius 2 is 2.04 bits per heavy atom. The number of methoxy groups -OCH3 is 1. The number of carbonyl (C=O) groups is 2. The Morgan fingerprint density at radius 3 is 2.70 bits per heavy atom. The van der Waals surface area contributed by atoms with Gasteiger partial charge in [0.15, 0.2) is 0 Å². The quantitative estimate of drug-likeness (QED) is 0.876. The number of carbonyl (C=O) groups excluding carboxylic acids is 2. The summed E-state index contributed by atoms with van der Waals surface area (Å²) in [7, 11) is 1.58. The molecule has 6 nitrogen and oxygen atoms in total. The molecule has 2 aromatic carbocycles. The molecule has 1 N–H and O–H groups in total. The molecule has 3 rings (SSSR count). The summed E-state index contributed by atoms with van der Waals surface area (Å²) in [5.41, 5.74) is 1.78. The molecule has 0 unspecified atom stereocenters. The lowest BCUT2D eigenvalue weighted by molar-refractivity contribution is -0.154. The van der Waals surface area contributed by atoms with E-state index in [9.17, 15) is 14.0 Å². The maximum Gasteiger partial charge on any atom is 0.249 e. The monoisotopic (exact) mass is 372 g/mol. The van der Waals surface area contributed by atoms with Gasteiger partial charge >= 0.3 is 0 Å². The number of hydrogen-bond acceptors (Lipinski definition) is 4. The number of nitrogens with zero attached hydrogens (tertiary/aromatic N) is 1. The van der Waals surface area contributed by atoms with E-state index < -0.39 is 6.04 Å². The number of aryl methyl sites for hydroxylation is 1. The van der Waals surface area contributed by atoms with Crippen LogP contribution in [0.3, 0.4) is 0 Å². The third-order valence-electron chi connectivity index (χ3n) is 4.44. The summed E-state index contributed by atoms with van der Waals surface area (Å²) in [5, 5.41) is 2.73. The van der Waals surface area contributed by atoms with Crippen molar-refractivity contribution in [3.05, 3.63) is 59.4 Å². The Hall–Kier alpha value is -2.93. The Balaban J connectivity index is 1.74. The van der Waals surface area contributed by atoms with Gasteiger partial charge in [-0.1, -0.05) is 12.1 Å². The van der Waals surface area contributed by atoms with Crippen LogP contribution in [0.4, 0.5) is 10.1 Å². The van der Waals surface area contributed by atoms with Crippen molar-refractivity contribution >= 4 is 17.5 Å². The van der Waals surface area contributed by atoms with Crippen molar-refractivity contribution in [1.82, 2.24) is 4.90 Å². The van der Waals surface area contributed by atoms with E-state index in [4.69, 9.17) is 9.47 Å². The van der Waals surface area contributed by atoms with E-state index in [0.717, 1.165) is 5.56 Å². The fraction of sp³-hybridized carbons (Fsp3) is 0.300. The number of anilines is 1. The van der Waals surface area contributed by atoms with Gasteiger partial charge in [0.05, 0.1) is 13.7 Å². The van der Waals surface area contributed by atoms with Gasteiger partial charge in [-0.05, 0) is 48.4 Å². The molecule has 0 radical (unpaired) electrons. The average Bonchev–Trinajstić information content (AvgIpc) is 2.67. The maximum absolute atomic E-state index is 13.4. The molecule has 0 aromatic heterocycles. The zero-order chi connectivity index (χ0) is 19.4. The van der Waals surface area contributed by atoms with Gasteiger partial charge in [0.25, 0.3) is 0 Å². The Kier molecular flexibility index (Phi) is 5.71. The molecule has 1 aliphatic rings. The van der Waals surface area contributed by atoms with E-state index >= 15 is 0 Å². The van der Waals surface area contributed by atoms with Crippen LogP contribution in [0.25, 0.3) is 0 Å². The van der Waals surface area contributed by atoms with Gasteiger partial charge in [-0.15, -0.1) is 0 Å². The van der Waals surface area contributed by atoms with Crippen molar-refractivity contribution in [2.75, 3.05) is 25.6 Å². The van der Waals surface area contributed by atoms with Crippen molar-refractivity contribution in [3.63, 3.8) is 0 Å². The van der Waals surface area contributed by atoms with Crippen molar-refractivity contribution in [2.45, 2.75) is 19.5 Å². The number of morpholine rings is 1. The van der Waals surface area contributed by atoms with Gasteiger partial charge in [0, 0.05) is 12.2 Å². The van der Waals surface area contributed by atoms with Crippen LogP contribution in [0.15, 0.2) is 42.5 Å². The van der Waals surface area contributed by atoms with Crippen LogP contribution in [0.1, 0.15) is 11.1 Å². The second-order valence-electron chi connectivity index (χ2n) is 6.35. The second-order valence-corrected chi connectivity index (χ2v) is 6.35. The van der Waals surface area contributed by atoms with E-state index in [1.807, 2.05) is 12.1 Å². The van der Waals surface area contributed by atoms with E-state index in [2.05, 4.69) is 5.32 Å². The topological polar surface area (TPSA) is 67.9 Å². The SMILES string of the molecule is COc1ccc(CN2C(=O)COC[C@H]2C(=O)Nc2ccc(F)c(C)c2)cc1. The fourth-order valence-electron chi connectivity index (χ4n) is 2.90. The summed E-state index contributed by atoms with van der Waals surface area (Å²) < 4.78 is 23.8. The molecule has 2 aromatic rings. The molecule has 7 heteroatoms. The summed E-state index contributed by atoms with van der Waals surface area (Å²) in [6, 6.07) is 10.9. The minimum absolute atomic E-state index is 0.0599. The lowest BCUT2D eigenvalue weighted by atomic mass is 10.1. The molecular weight excluding hydrogens is 351 g/mol. The highest BCUT2D eigenvalue weighted by atomic mass is 19.1. The smallest absolute Gasteiger partial charge is 0.249 e. The first kappa shape index (κ1) is 18.8. The zero-order valence-corrected chi connectivity index (χ0v) is 15.2. The molecule has 2 amide bonds. The number of amides is 2. The Labute approximate surface area is 156 Å². The molecular formula is C20H21FN2O4. The number of halogens is 1. The number of rotatable bonds is 5. The summed E-state index contributed by atoms with van der Waals surface area (Å²) in [6.45, 7) is 1.95. The number of nitrogens with one attached hydrogen (secondary N) is 1. The lowest BCUT2D eigenvalue weighted by Crippen LogP contribution is -2.54. The van der Waals surface area contributed by atoms with Crippen molar-refractivity contribution < 1.29 is 23.5 Å². The van der Waals surface area contributed by atoms with Crippen molar-refractivity contribution in [2.24, 2.45) is 0 Å². The molecule has 1 aliphatic heterocycles. The first-order chi connectivity index (χ1) is 13.0. The van der Waals surface area contributed by atoms with Gasteiger partial charge < -0.3 is 19.7 Å². The molecule has 1 saturated heterocycles. The highest BCUT2D eigenvalue weighted by molar-refractivity contribution is 5.98. The molecule has 1 fully saturated rings. The standard InChI is InChI=1S/C20H21FN2O4/c1-13-9-15(5-8-17(13)21)22-20(25)18-11-27-12-19(24)23(18)10-14-3-6-16(26-2)7-4-14/h3-9,18H,10-12H2,1-2H3,(H,22,25)/t18-/m0/s1. The van der Waals surface area contributed by atoms with Gasteiger partial charge in [-0.25, -0.2) is 4.39 Å². The summed E-state index contributed by atoms with van der Waals surface area (Å²) in [4.78, 5) is 26.5. The minimum Gasteiger partial charge on any atom is -0.497 e. The molecule has 0 spiro atoms. The number of benzene rings is 2. The predicted octanol–water partition coefficient (Wildman–Crippen LogP) is 2.51. The molecule has 0 bridgehead atoms. The highest BCUT2D eigenvalue weighted by Gasteiger charge is 2.34. The Morgan fingerprint density at radius 1 is 1.30 bits per heavy atom. The largest absolute Gasteiger partial charge is 0.497 e. The van der Waals surface area contributed by atoms with Gasteiger partial charge in [-0.2, -0.15) is 0 Å². The molecule has 1 heterocycles. The van der Waals surface area contributed by atoms with E-state index in [1.165, 1.54) is 17.0 Å². The van der Waals surface area contributed by atoms with E-state index in [0.29, 0.717) is 17.0 Å². The summed E-state index contributed by atoms with van der Waals surface area (Å²) in [5.74, 6) is -0.256. The second kappa shape index (κ2) is 8.18. The third kappa shape index (κ3) is 4.43.